The summed E-state index contributed by atoms with van der Waals surface area (Å²) in [5, 5.41) is 24.0. The average Bonchev–Trinajstić information content (AvgIpc) is 3.08. The lowest BCUT2D eigenvalue weighted by atomic mass is 9.96. The van der Waals surface area contributed by atoms with Gasteiger partial charge in [0.1, 0.15) is 18.1 Å². The van der Waals surface area contributed by atoms with E-state index in [2.05, 4.69) is 37.3 Å². The number of hydrogen-bond donors (Lipinski definition) is 11. The largest absolute Gasteiger partial charge is 0.391 e. The fraction of sp³-hybridized carbons (Fsp3) is 0.765. The Labute approximate surface area is 314 Å². The van der Waals surface area contributed by atoms with Crippen molar-refractivity contribution in [1.82, 2.24) is 26.6 Å². The second kappa shape index (κ2) is 32.2. The van der Waals surface area contributed by atoms with E-state index in [9.17, 15) is 33.9 Å². The smallest absolute Gasteiger partial charge is 0.245 e. The molecule has 0 fully saturated rings. The first kappa shape index (κ1) is 52.8. The van der Waals surface area contributed by atoms with E-state index >= 15 is 0 Å². The van der Waals surface area contributed by atoms with Gasteiger partial charge in [-0.2, -0.15) is 0 Å². The molecule has 0 heterocycles. The van der Waals surface area contributed by atoms with Crippen LogP contribution in [0.5, 0.6) is 0 Å². The monoisotopic (exact) mass is 760 g/mol. The minimum absolute atomic E-state index is 0.00728. The summed E-state index contributed by atoms with van der Waals surface area (Å²) in [4.78, 5) is 86.5. The van der Waals surface area contributed by atoms with Gasteiger partial charge in [0.25, 0.3) is 0 Å². The predicted molar refractivity (Wildman–Crippen MR) is 204 cm³/mol. The first-order chi connectivity index (χ1) is 24.9. The number of aliphatic imine (C=N–C) groups is 1. The number of carbonyl (C=O) groups excluding carboxylic acids is 7. The molecule has 19 nitrogen and oxygen atoms in total. The van der Waals surface area contributed by atoms with E-state index < -0.39 is 71.8 Å². The number of nitrogens with zero attached hydrogens (tertiary/aromatic N) is 1. The highest BCUT2D eigenvalue weighted by molar-refractivity contribution is 5.92. The van der Waals surface area contributed by atoms with Gasteiger partial charge in [-0.15, -0.1) is 0 Å². The summed E-state index contributed by atoms with van der Waals surface area (Å²) in [6.45, 7) is 13.3. The number of nitrogens with one attached hydrogen (secondary N) is 5. The Morgan fingerprint density at radius 1 is 0.736 bits per heavy atom. The summed E-state index contributed by atoms with van der Waals surface area (Å²) in [6.07, 6.45) is 4.80. The third kappa shape index (κ3) is 27.8. The van der Waals surface area contributed by atoms with Crippen LogP contribution in [-0.4, -0.2) is 102 Å². The number of unbranched alkanes of at least 4 members (excludes halogenated alkanes) is 2. The maximum Gasteiger partial charge on any atom is 0.245 e. The van der Waals surface area contributed by atoms with Gasteiger partial charge in [-0.05, 0) is 38.5 Å². The first-order valence-corrected chi connectivity index (χ1v) is 18.2. The molecule has 0 spiro atoms. The minimum atomic E-state index is -1.22. The van der Waals surface area contributed by atoms with Crippen molar-refractivity contribution in [2.24, 2.45) is 39.6 Å². The van der Waals surface area contributed by atoms with Gasteiger partial charge in [0.15, 0.2) is 5.96 Å². The molecule has 308 valence electrons. The molecule has 0 unspecified atom stereocenters. The topological polar surface area (TPSA) is 342 Å². The second-order valence-corrected chi connectivity index (χ2v) is 12.7. The number of hydrogen-bond acceptors (Lipinski definition) is 10. The van der Waals surface area contributed by atoms with Crippen LogP contribution in [0.4, 0.5) is 0 Å². The summed E-state index contributed by atoms with van der Waals surface area (Å²) >= 11 is 0. The normalized spacial score (nSPS) is 14.3. The van der Waals surface area contributed by atoms with Crippen molar-refractivity contribution in [2.75, 3.05) is 13.1 Å². The zero-order chi connectivity index (χ0) is 41.5. The Balaban J connectivity index is -0.00000219. The van der Waals surface area contributed by atoms with Gasteiger partial charge in [0, 0.05) is 32.5 Å². The number of amides is 7. The van der Waals surface area contributed by atoms with Crippen LogP contribution in [0.1, 0.15) is 113 Å². The van der Waals surface area contributed by atoms with Crippen LogP contribution in [-0.2, 0) is 33.6 Å². The lowest BCUT2D eigenvalue weighted by Crippen LogP contribution is -2.60. The predicted octanol–water partition coefficient (Wildman–Crippen LogP) is -1.77. The van der Waals surface area contributed by atoms with E-state index in [0.717, 1.165) is 38.6 Å². The van der Waals surface area contributed by atoms with Gasteiger partial charge in [-0.1, -0.05) is 66.7 Å². The van der Waals surface area contributed by atoms with E-state index in [-0.39, 0.29) is 37.7 Å². The molecule has 7 atom stereocenters. The molecular weight excluding hydrogens is 690 g/mol. The van der Waals surface area contributed by atoms with Crippen molar-refractivity contribution in [3.05, 3.63) is 0 Å². The molecule has 0 saturated heterocycles. The molecule has 0 aliphatic carbocycles. The summed E-state index contributed by atoms with van der Waals surface area (Å²) in [5.41, 5.74) is 24.8. The van der Waals surface area contributed by atoms with Crippen molar-refractivity contribution in [3.8, 4) is 0 Å². The highest BCUT2D eigenvalue weighted by Gasteiger charge is 2.33. The molecule has 0 aliphatic heterocycles. The van der Waals surface area contributed by atoms with Gasteiger partial charge in [-0.3, -0.25) is 38.6 Å². The molecule has 19 heteroatoms. The Kier molecular flexibility index (Phi) is 32.1. The minimum Gasteiger partial charge on any atom is -0.391 e. The number of nitrogens with two attached hydrogens (primary N) is 5. The van der Waals surface area contributed by atoms with Crippen molar-refractivity contribution in [3.63, 3.8) is 0 Å². The number of guanidine groups is 1. The van der Waals surface area contributed by atoms with Crippen LogP contribution < -0.4 is 55.3 Å². The summed E-state index contributed by atoms with van der Waals surface area (Å²) < 4.78 is 0. The molecule has 0 saturated carbocycles. The Bertz CT molecular complexity index is 1120. The molecule has 0 aliphatic rings. The highest BCUT2D eigenvalue weighted by Crippen LogP contribution is 2.11. The first-order valence-electron chi connectivity index (χ1n) is 18.2. The van der Waals surface area contributed by atoms with Crippen LogP contribution >= 0.6 is 0 Å². The van der Waals surface area contributed by atoms with E-state index in [1.54, 1.807) is 0 Å². The molecular formula is C34H69N11O8. The van der Waals surface area contributed by atoms with Crippen LogP contribution in [0.25, 0.3) is 0 Å². The Morgan fingerprint density at radius 2 is 1.28 bits per heavy atom. The number of primary amides is 3. The Morgan fingerprint density at radius 3 is 1.70 bits per heavy atom. The second-order valence-electron chi connectivity index (χ2n) is 12.7. The SMILES string of the molecule is CCCC[C@@H](CN[C@@H](CCCC)C(=O)N[C@@H](CCC(N)=O)C(N)=O)NC(=O)[C@@H](NC(=O)[C@@H](NC(C)=O)[C@@H](C)O)[C@@H](C)CC.CCCN=C(N)N.NC=O. The maximum atomic E-state index is 13.5. The lowest BCUT2D eigenvalue weighted by Gasteiger charge is -2.30. The summed E-state index contributed by atoms with van der Waals surface area (Å²) in [6, 6.07) is -4.29. The quantitative estimate of drug-likeness (QED) is 0.0281. The van der Waals surface area contributed by atoms with Gasteiger partial charge in [0.2, 0.25) is 41.9 Å². The van der Waals surface area contributed by atoms with Crippen LogP contribution in [0, 0.1) is 5.92 Å². The van der Waals surface area contributed by atoms with Gasteiger partial charge in [-0.25, -0.2) is 0 Å². The third-order valence-electron chi connectivity index (χ3n) is 7.80. The van der Waals surface area contributed by atoms with E-state index in [1.807, 2.05) is 34.6 Å². The van der Waals surface area contributed by atoms with Crippen LogP contribution in [0.3, 0.4) is 0 Å². The molecule has 0 aromatic rings. The fourth-order valence-electron chi connectivity index (χ4n) is 4.64. The summed E-state index contributed by atoms with van der Waals surface area (Å²) in [7, 11) is 0. The number of rotatable bonds is 25. The van der Waals surface area contributed by atoms with Crippen LogP contribution in [0.2, 0.25) is 0 Å². The molecule has 0 radical (unpaired) electrons. The van der Waals surface area contributed by atoms with Gasteiger partial charge in [0.05, 0.1) is 12.1 Å². The Hall–Kier alpha value is -4.52. The molecule has 53 heavy (non-hydrogen) atoms. The van der Waals surface area contributed by atoms with Gasteiger partial charge >= 0.3 is 0 Å². The average molecular weight is 760 g/mol. The van der Waals surface area contributed by atoms with E-state index in [0.29, 0.717) is 19.3 Å². The number of aliphatic hydroxyl groups excluding tert-OH is 1. The van der Waals surface area contributed by atoms with Crippen molar-refractivity contribution in [2.45, 2.75) is 149 Å². The molecule has 0 bridgehead atoms. The molecule has 16 N–H and O–H groups in total. The highest BCUT2D eigenvalue weighted by atomic mass is 16.3. The zero-order valence-corrected chi connectivity index (χ0v) is 32.7. The third-order valence-corrected chi connectivity index (χ3v) is 7.80. The summed E-state index contributed by atoms with van der Waals surface area (Å²) in [5.74, 6) is -3.50. The molecule has 0 rings (SSSR count). The fourth-order valence-corrected chi connectivity index (χ4v) is 4.64. The number of aliphatic hydroxyl groups is 1. The zero-order valence-electron chi connectivity index (χ0n) is 32.7. The van der Waals surface area contributed by atoms with Crippen molar-refractivity contribution in [1.29, 1.82) is 0 Å². The van der Waals surface area contributed by atoms with E-state index in [4.69, 9.17) is 27.7 Å². The standard InChI is InChI=1S/C29H55N7O7.C4H11N3.CH3NO/c1-7-10-12-20(16-32-22(13-11-8-2)27(41)35-21(26(31)40)14-15-23(30)39)34-28(42)24(17(4)9-3)36-29(43)25(18(5)37)33-19(6)38;1-2-3-7-4(5)6;2-1-3/h17-18,20-22,24-25,32,37H,7-16H2,1-6H3,(H2,30,39)(H2,31,40)(H,33,38)(H,34,42)(H,35,41)(H,36,43);2-3H2,1H3,(H4,5,6,7);1H,(H2,2,3)/t17-,18+,20-,21-,22-,24-,25-;;/m0../s1. The number of carbonyl (C=O) groups is 7. The molecule has 0 aromatic heterocycles. The maximum absolute atomic E-state index is 13.5. The van der Waals surface area contributed by atoms with Crippen molar-refractivity contribution >= 4 is 47.8 Å². The van der Waals surface area contributed by atoms with Crippen molar-refractivity contribution < 1.29 is 38.7 Å². The van der Waals surface area contributed by atoms with E-state index in [1.165, 1.54) is 13.8 Å². The molecule has 0 aromatic carbocycles. The lowest BCUT2D eigenvalue weighted by molar-refractivity contribution is -0.134. The molecule has 7 amide bonds. The van der Waals surface area contributed by atoms with Crippen LogP contribution in [0.15, 0.2) is 4.99 Å². The van der Waals surface area contributed by atoms with Gasteiger partial charge < -0.3 is 60.4 Å².